The van der Waals surface area contributed by atoms with Crippen LogP contribution in [0.4, 0.5) is 0 Å². The summed E-state index contributed by atoms with van der Waals surface area (Å²) in [4.78, 5) is 22.6. The molecule has 0 aliphatic carbocycles. The van der Waals surface area contributed by atoms with Crippen LogP contribution in [0.15, 0.2) is 36.4 Å². The van der Waals surface area contributed by atoms with Crippen LogP contribution in [-0.4, -0.2) is 23.5 Å². The van der Waals surface area contributed by atoms with E-state index in [4.69, 9.17) is 5.11 Å². The minimum atomic E-state index is -0.939. The standard InChI is InChI=1S/C16H21NO3/c1-11(2)9-12(3)15(18)17-8-7-13-5-4-6-14(10-13)16(19)20/h4-6,10,12H,1,7-9H2,2-3H3,(H,17,18)(H,19,20). The normalized spacial score (nSPS) is 11.7. The molecule has 0 aliphatic rings. The molecule has 0 saturated carbocycles. The van der Waals surface area contributed by atoms with Crippen molar-refractivity contribution in [3.8, 4) is 0 Å². The Balaban J connectivity index is 2.44. The Kier molecular flexibility index (Phi) is 5.97. The summed E-state index contributed by atoms with van der Waals surface area (Å²) in [6.45, 7) is 8.07. The van der Waals surface area contributed by atoms with Crippen molar-refractivity contribution in [1.82, 2.24) is 5.32 Å². The Morgan fingerprint density at radius 3 is 2.70 bits per heavy atom. The van der Waals surface area contributed by atoms with E-state index in [1.807, 2.05) is 19.9 Å². The molecule has 2 N–H and O–H groups in total. The van der Waals surface area contributed by atoms with Gasteiger partial charge in [-0.05, 0) is 37.5 Å². The number of nitrogens with one attached hydrogen (secondary N) is 1. The third-order valence-electron chi connectivity index (χ3n) is 2.99. The van der Waals surface area contributed by atoms with Crippen LogP contribution in [0.3, 0.4) is 0 Å². The van der Waals surface area contributed by atoms with Gasteiger partial charge in [-0.2, -0.15) is 0 Å². The Morgan fingerprint density at radius 2 is 2.10 bits per heavy atom. The van der Waals surface area contributed by atoms with Gasteiger partial charge in [0.05, 0.1) is 5.56 Å². The van der Waals surface area contributed by atoms with Crippen molar-refractivity contribution in [2.45, 2.75) is 26.7 Å². The van der Waals surface area contributed by atoms with Crippen molar-refractivity contribution in [1.29, 1.82) is 0 Å². The van der Waals surface area contributed by atoms with Crippen LogP contribution < -0.4 is 5.32 Å². The lowest BCUT2D eigenvalue weighted by molar-refractivity contribution is -0.124. The van der Waals surface area contributed by atoms with Gasteiger partial charge in [0.15, 0.2) is 0 Å². The number of hydrogen-bond donors (Lipinski definition) is 2. The molecular weight excluding hydrogens is 254 g/mol. The first-order chi connectivity index (χ1) is 9.40. The SMILES string of the molecule is C=C(C)CC(C)C(=O)NCCc1cccc(C(=O)O)c1. The third kappa shape index (κ3) is 5.26. The zero-order valence-corrected chi connectivity index (χ0v) is 12.0. The van der Waals surface area contributed by atoms with E-state index in [0.29, 0.717) is 19.4 Å². The average molecular weight is 275 g/mol. The predicted molar refractivity (Wildman–Crippen MR) is 78.7 cm³/mol. The molecule has 0 bridgehead atoms. The first-order valence-electron chi connectivity index (χ1n) is 6.64. The minimum Gasteiger partial charge on any atom is -0.478 e. The van der Waals surface area contributed by atoms with Gasteiger partial charge in [0.1, 0.15) is 0 Å². The highest BCUT2D eigenvalue weighted by atomic mass is 16.4. The molecule has 1 unspecified atom stereocenters. The number of carbonyl (C=O) groups excluding carboxylic acids is 1. The first kappa shape index (κ1) is 16.0. The van der Waals surface area contributed by atoms with Crippen molar-refractivity contribution in [2.75, 3.05) is 6.54 Å². The van der Waals surface area contributed by atoms with Gasteiger partial charge in [0, 0.05) is 12.5 Å². The van der Waals surface area contributed by atoms with E-state index in [1.165, 1.54) is 0 Å². The maximum absolute atomic E-state index is 11.8. The highest BCUT2D eigenvalue weighted by molar-refractivity contribution is 5.87. The van der Waals surface area contributed by atoms with Crippen LogP contribution in [-0.2, 0) is 11.2 Å². The molecule has 4 heteroatoms. The van der Waals surface area contributed by atoms with E-state index in [0.717, 1.165) is 11.1 Å². The van der Waals surface area contributed by atoms with Crippen molar-refractivity contribution >= 4 is 11.9 Å². The number of carbonyl (C=O) groups is 2. The second-order valence-electron chi connectivity index (χ2n) is 5.11. The molecule has 1 aromatic rings. The van der Waals surface area contributed by atoms with Crippen LogP contribution in [0.1, 0.15) is 36.2 Å². The largest absolute Gasteiger partial charge is 0.478 e. The van der Waals surface area contributed by atoms with Crippen LogP contribution >= 0.6 is 0 Å². The molecule has 0 aromatic heterocycles. The van der Waals surface area contributed by atoms with Gasteiger partial charge >= 0.3 is 5.97 Å². The minimum absolute atomic E-state index is 0.00221. The van der Waals surface area contributed by atoms with E-state index < -0.39 is 5.97 Å². The maximum atomic E-state index is 11.8. The predicted octanol–water partition coefficient (Wildman–Crippen LogP) is 2.65. The van der Waals surface area contributed by atoms with Gasteiger partial charge in [0.2, 0.25) is 5.91 Å². The molecule has 20 heavy (non-hydrogen) atoms. The van der Waals surface area contributed by atoms with Crippen LogP contribution in [0.25, 0.3) is 0 Å². The number of carboxylic acid groups (broad SMARTS) is 1. The van der Waals surface area contributed by atoms with E-state index in [2.05, 4.69) is 11.9 Å². The molecule has 1 atom stereocenters. The van der Waals surface area contributed by atoms with Gasteiger partial charge in [-0.25, -0.2) is 4.79 Å². The topological polar surface area (TPSA) is 66.4 Å². The van der Waals surface area contributed by atoms with Gasteiger partial charge in [0.25, 0.3) is 0 Å². The first-order valence-corrected chi connectivity index (χ1v) is 6.64. The van der Waals surface area contributed by atoms with Gasteiger partial charge < -0.3 is 10.4 Å². The van der Waals surface area contributed by atoms with Crippen molar-refractivity contribution in [2.24, 2.45) is 5.92 Å². The number of benzene rings is 1. The summed E-state index contributed by atoms with van der Waals surface area (Å²) in [6.07, 6.45) is 1.30. The number of carboxylic acids is 1. The number of allylic oxidation sites excluding steroid dienone is 1. The maximum Gasteiger partial charge on any atom is 0.335 e. The third-order valence-corrected chi connectivity index (χ3v) is 2.99. The quantitative estimate of drug-likeness (QED) is 0.752. The van der Waals surface area contributed by atoms with Gasteiger partial charge in [-0.15, -0.1) is 6.58 Å². The second kappa shape index (κ2) is 7.48. The molecule has 0 saturated heterocycles. The Morgan fingerprint density at radius 1 is 1.40 bits per heavy atom. The van der Waals surface area contributed by atoms with Crippen LogP contribution in [0.5, 0.6) is 0 Å². The summed E-state index contributed by atoms with van der Waals surface area (Å²) >= 11 is 0. The zero-order valence-electron chi connectivity index (χ0n) is 12.0. The summed E-state index contributed by atoms with van der Waals surface area (Å²) < 4.78 is 0. The second-order valence-corrected chi connectivity index (χ2v) is 5.11. The average Bonchev–Trinajstić information content (AvgIpc) is 2.38. The molecule has 108 valence electrons. The summed E-state index contributed by atoms with van der Waals surface area (Å²) in [6, 6.07) is 6.76. The Bertz CT molecular complexity index is 508. The fraction of sp³-hybridized carbons (Fsp3) is 0.375. The summed E-state index contributed by atoms with van der Waals surface area (Å²) in [5.41, 5.74) is 2.16. The fourth-order valence-electron chi connectivity index (χ4n) is 1.98. The monoisotopic (exact) mass is 275 g/mol. The number of rotatable bonds is 7. The van der Waals surface area contributed by atoms with Crippen molar-refractivity contribution in [3.63, 3.8) is 0 Å². The van der Waals surface area contributed by atoms with Gasteiger partial charge in [-0.3, -0.25) is 4.79 Å². The lowest BCUT2D eigenvalue weighted by Crippen LogP contribution is -2.31. The van der Waals surface area contributed by atoms with Crippen molar-refractivity contribution in [3.05, 3.63) is 47.5 Å². The summed E-state index contributed by atoms with van der Waals surface area (Å²) in [5.74, 6) is -1.02. The highest BCUT2D eigenvalue weighted by Gasteiger charge is 2.12. The summed E-state index contributed by atoms with van der Waals surface area (Å²) in [7, 11) is 0. The van der Waals surface area contributed by atoms with Crippen LogP contribution in [0, 0.1) is 5.92 Å². The molecule has 1 aromatic carbocycles. The molecule has 1 amide bonds. The molecule has 0 spiro atoms. The van der Waals surface area contributed by atoms with Gasteiger partial charge in [-0.1, -0.05) is 24.6 Å². The number of hydrogen-bond acceptors (Lipinski definition) is 2. The number of aromatic carboxylic acids is 1. The van der Waals surface area contributed by atoms with E-state index >= 15 is 0 Å². The molecular formula is C16H21NO3. The van der Waals surface area contributed by atoms with E-state index in [-0.39, 0.29) is 17.4 Å². The molecule has 1 rings (SSSR count). The smallest absolute Gasteiger partial charge is 0.335 e. The molecule has 0 radical (unpaired) electrons. The molecule has 0 aliphatic heterocycles. The lowest BCUT2D eigenvalue weighted by atomic mass is 10.0. The molecule has 4 nitrogen and oxygen atoms in total. The lowest BCUT2D eigenvalue weighted by Gasteiger charge is -2.12. The Labute approximate surface area is 119 Å². The van der Waals surface area contributed by atoms with E-state index in [1.54, 1.807) is 18.2 Å². The highest BCUT2D eigenvalue weighted by Crippen LogP contribution is 2.09. The molecule has 0 heterocycles. The van der Waals surface area contributed by atoms with Crippen molar-refractivity contribution < 1.29 is 14.7 Å². The molecule has 0 fully saturated rings. The van der Waals surface area contributed by atoms with Crippen LogP contribution in [0.2, 0.25) is 0 Å². The number of amides is 1. The summed E-state index contributed by atoms with van der Waals surface area (Å²) in [5, 5.41) is 11.8. The Hall–Kier alpha value is -2.10. The fourth-order valence-corrected chi connectivity index (χ4v) is 1.98. The van der Waals surface area contributed by atoms with E-state index in [9.17, 15) is 9.59 Å². The zero-order chi connectivity index (χ0) is 15.1.